The Hall–Kier alpha value is -0.0400. The van der Waals surface area contributed by atoms with Gasteiger partial charge < -0.3 is 5.11 Å². The second-order valence-corrected chi connectivity index (χ2v) is 7.18. The Balaban J connectivity index is 2.36. The van der Waals surface area contributed by atoms with E-state index in [1.165, 1.54) is 19.3 Å². The van der Waals surface area contributed by atoms with Crippen molar-refractivity contribution in [3.63, 3.8) is 0 Å². The van der Waals surface area contributed by atoms with Crippen LogP contribution in [-0.2, 0) is 0 Å². The predicted octanol–water partition coefficient (Wildman–Crippen LogP) is 3.61. The molecule has 15 heavy (non-hydrogen) atoms. The molecule has 0 aromatic carbocycles. The normalized spacial score (nSPS) is 47.8. The number of hydrogen-bond donors (Lipinski definition) is 1. The zero-order valence-electron chi connectivity index (χ0n) is 10.9. The topological polar surface area (TPSA) is 20.2 Å². The highest BCUT2D eigenvalue weighted by molar-refractivity contribution is 5.17. The SMILES string of the molecule is CC(C)CC1(O)C2(C)CCC(C2)C1(C)C. The summed E-state index contributed by atoms with van der Waals surface area (Å²) in [4.78, 5) is 0. The van der Waals surface area contributed by atoms with E-state index in [-0.39, 0.29) is 10.8 Å². The minimum atomic E-state index is -0.433. The van der Waals surface area contributed by atoms with Crippen LogP contribution in [0.5, 0.6) is 0 Å². The Morgan fingerprint density at radius 3 is 2.27 bits per heavy atom. The van der Waals surface area contributed by atoms with Gasteiger partial charge >= 0.3 is 0 Å². The molecule has 3 unspecified atom stereocenters. The van der Waals surface area contributed by atoms with Gasteiger partial charge in [0.25, 0.3) is 0 Å². The lowest BCUT2D eigenvalue weighted by Gasteiger charge is -2.51. The van der Waals surface area contributed by atoms with Gasteiger partial charge in [0.2, 0.25) is 0 Å². The highest BCUT2D eigenvalue weighted by atomic mass is 16.3. The fraction of sp³-hybridized carbons (Fsp3) is 1.00. The molecule has 0 aromatic heterocycles. The number of hydrogen-bond acceptors (Lipinski definition) is 1. The smallest absolute Gasteiger partial charge is 0.0756 e. The van der Waals surface area contributed by atoms with Crippen LogP contribution in [0.1, 0.15) is 60.3 Å². The monoisotopic (exact) mass is 210 g/mol. The Kier molecular flexibility index (Phi) is 2.29. The summed E-state index contributed by atoms with van der Waals surface area (Å²) in [5.41, 5.74) is -0.132. The minimum Gasteiger partial charge on any atom is -0.389 e. The van der Waals surface area contributed by atoms with Gasteiger partial charge in [0.1, 0.15) is 0 Å². The maximum atomic E-state index is 11.1. The molecule has 2 aliphatic carbocycles. The lowest BCUT2D eigenvalue weighted by Crippen LogP contribution is -2.54. The van der Waals surface area contributed by atoms with Crippen molar-refractivity contribution in [3.05, 3.63) is 0 Å². The van der Waals surface area contributed by atoms with Crippen molar-refractivity contribution < 1.29 is 5.11 Å². The Bertz CT molecular complexity index is 262. The first-order chi connectivity index (χ1) is 6.73. The van der Waals surface area contributed by atoms with Gasteiger partial charge in [-0.15, -0.1) is 0 Å². The lowest BCUT2D eigenvalue weighted by molar-refractivity contribution is -0.153. The molecule has 0 saturated heterocycles. The van der Waals surface area contributed by atoms with Crippen molar-refractivity contribution in [2.45, 2.75) is 65.9 Å². The Labute approximate surface area is 94.3 Å². The maximum absolute atomic E-state index is 11.1. The fourth-order valence-electron chi connectivity index (χ4n) is 4.45. The molecule has 0 spiro atoms. The molecule has 0 amide bonds. The first-order valence-electron chi connectivity index (χ1n) is 6.45. The predicted molar refractivity (Wildman–Crippen MR) is 63.6 cm³/mol. The van der Waals surface area contributed by atoms with E-state index in [1.54, 1.807) is 0 Å². The van der Waals surface area contributed by atoms with Crippen molar-refractivity contribution in [2.75, 3.05) is 0 Å². The van der Waals surface area contributed by atoms with Crippen LogP contribution in [0.4, 0.5) is 0 Å². The molecule has 88 valence electrons. The van der Waals surface area contributed by atoms with Gasteiger partial charge in [-0.2, -0.15) is 0 Å². The molecule has 2 rings (SSSR count). The standard InChI is InChI=1S/C14H26O/c1-10(2)8-14(15)12(3,4)11-6-7-13(14,5)9-11/h10-11,15H,6-9H2,1-5H3. The van der Waals surface area contributed by atoms with Gasteiger partial charge in [-0.25, -0.2) is 0 Å². The molecule has 0 heterocycles. The van der Waals surface area contributed by atoms with Crippen LogP contribution in [0.2, 0.25) is 0 Å². The number of aliphatic hydroxyl groups is 1. The quantitative estimate of drug-likeness (QED) is 0.738. The molecule has 0 radical (unpaired) electrons. The molecule has 2 saturated carbocycles. The molecule has 1 heteroatoms. The van der Waals surface area contributed by atoms with Crippen molar-refractivity contribution >= 4 is 0 Å². The summed E-state index contributed by atoms with van der Waals surface area (Å²) in [6.45, 7) is 11.3. The summed E-state index contributed by atoms with van der Waals surface area (Å²) >= 11 is 0. The highest BCUT2D eigenvalue weighted by Crippen LogP contribution is 2.69. The summed E-state index contributed by atoms with van der Waals surface area (Å²) in [6, 6.07) is 0. The van der Waals surface area contributed by atoms with Crippen molar-refractivity contribution in [1.29, 1.82) is 0 Å². The summed E-state index contributed by atoms with van der Waals surface area (Å²) in [7, 11) is 0. The zero-order valence-corrected chi connectivity index (χ0v) is 10.9. The maximum Gasteiger partial charge on any atom is 0.0756 e. The van der Waals surface area contributed by atoms with Crippen LogP contribution in [0, 0.1) is 22.7 Å². The summed E-state index contributed by atoms with van der Waals surface area (Å²) in [6.07, 6.45) is 4.75. The number of fused-ring (bicyclic) bond motifs is 2. The average molecular weight is 210 g/mol. The zero-order chi connectivity index (χ0) is 11.5. The van der Waals surface area contributed by atoms with E-state index in [0.717, 1.165) is 12.3 Å². The van der Waals surface area contributed by atoms with Gasteiger partial charge in [0.05, 0.1) is 5.60 Å². The van der Waals surface area contributed by atoms with Gasteiger partial charge in [-0.3, -0.25) is 0 Å². The molecule has 3 atom stereocenters. The highest BCUT2D eigenvalue weighted by Gasteiger charge is 2.67. The van der Waals surface area contributed by atoms with E-state index < -0.39 is 5.60 Å². The third kappa shape index (κ3) is 1.25. The van der Waals surface area contributed by atoms with Crippen LogP contribution in [0.15, 0.2) is 0 Å². The van der Waals surface area contributed by atoms with Crippen LogP contribution >= 0.6 is 0 Å². The Morgan fingerprint density at radius 2 is 1.87 bits per heavy atom. The van der Waals surface area contributed by atoms with Crippen LogP contribution in [0.3, 0.4) is 0 Å². The summed E-state index contributed by atoms with van der Waals surface area (Å²) < 4.78 is 0. The third-order valence-electron chi connectivity index (χ3n) is 5.53. The molecule has 0 aliphatic heterocycles. The molecule has 1 nitrogen and oxygen atoms in total. The third-order valence-corrected chi connectivity index (χ3v) is 5.53. The van der Waals surface area contributed by atoms with E-state index >= 15 is 0 Å². The van der Waals surface area contributed by atoms with Crippen LogP contribution in [-0.4, -0.2) is 10.7 Å². The lowest BCUT2D eigenvalue weighted by atomic mass is 9.58. The van der Waals surface area contributed by atoms with Crippen LogP contribution in [0.25, 0.3) is 0 Å². The van der Waals surface area contributed by atoms with E-state index in [0.29, 0.717) is 5.92 Å². The molecule has 0 aromatic rings. The van der Waals surface area contributed by atoms with E-state index in [4.69, 9.17) is 0 Å². The Morgan fingerprint density at radius 1 is 1.27 bits per heavy atom. The van der Waals surface area contributed by atoms with E-state index in [1.807, 2.05) is 0 Å². The first kappa shape index (κ1) is 11.4. The fourth-order valence-corrected chi connectivity index (χ4v) is 4.45. The van der Waals surface area contributed by atoms with E-state index in [9.17, 15) is 5.11 Å². The van der Waals surface area contributed by atoms with Gasteiger partial charge in [0, 0.05) is 0 Å². The summed E-state index contributed by atoms with van der Waals surface area (Å²) in [5.74, 6) is 1.33. The average Bonchev–Trinajstić information content (AvgIpc) is 2.51. The molecular formula is C14H26O. The van der Waals surface area contributed by atoms with Gasteiger partial charge in [-0.05, 0) is 48.3 Å². The van der Waals surface area contributed by atoms with Gasteiger partial charge in [0.15, 0.2) is 0 Å². The minimum absolute atomic E-state index is 0.115. The van der Waals surface area contributed by atoms with E-state index in [2.05, 4.69) is 34.6 Å². The molecule has 2 bridgehead atoms. The molecule has 2 fully saturated rings. The second-order valence-electron chi connectivity index (χ2n) is 7.18. The van der Waals surface area contributed by atoms with Crippen LogP contribution < -0.4 is 0 Å². The van der Waals surface area contributed by atoms with Crippen molar-refractivity contribution in [2.24, 2.45) is 22.7 Å². The molecule has 1 N–H and O–H groups in total. The first-order valence-corrected chi connectivity index (χ1v) is 6.45. The molecule has 2 aliphatic rings. The number of rotatable bonds is 2. The van der Waals surface area contributed by atoms with Crippen molar-refractivity contribution in [3.8, 4) is 0 Å². The van der Waals surface area contributed by atoms with Gasteiger partial charge in [-0.1, -0.05) is 34.6 Å². The van der Waals surface area contributed by atoms with Crippen molar-refractivity contribution in [1.82, 2.24) is 0 Å². The summed E-state index contributed by atoms with van der Waals surface area (Å²) in [5, 5.41) is 11.1. The molecular weight excluding hydrogens is 184 g/mol. The largest absolute Gasteiger partial charge is 0.389 e. The second kappa shape index (κ2) is 3.00.